The highest BCUT2D eigenvalue weighted by Crippen LogP contribution is 2.41. The van der Waals surface area contributed by atoms with Crippen molar-refractivity contribution in [3.63, 3.8) is 0 Å². The second kappa shape index (κ2) is 10.9. The highest BCUT2D eigenvalue weighted by atomic mass is 35.5. The van der Waals surface area contributed by atoms with Crippen LogP contribution in [0.25, 0.3) is 11.1 Å². The van der Waals surface area contributed by atoms with Crippen LogP contribution in [-0.2, 0) is 11.2 Å². The lowest BCUT2D eigenvalue weighted by molar-refractivity contribution is -0.614. The SMILES string of the molecule is CC(=O)c1ccc(CC(=O)C(CC2CC2)c2cc(C)c(-c3c(OC(F)F)ccc(Cl)c3F)c[n+]2[O-])cc1. The van der Waals surface area contributed by atoms with Crippen molar-refractivity contribution >= 4 is 23.2 Å². The number of alkyl halides is 2. The molecule has 4 rings (SSSR count). The summed E-state index contributed by atoms with van der Waals surface area (Å²) in [6.07, 6.45) is 3.58. The van der Waals surface area contributed by atoms with Crippen molar-refractivity contribution in [3.05, 3.63) is 87.1 Å². The molecule has 1 heterocycles. The van der Waals surface area contributed by atoms with Gasteiger partial charge in [0.25, 0.3) is 0 Å². The van der Waals surface area contributed by atoms with Crippen LogP contribution in [0.1, 0.15) is 59.3 Å². The molecule has 37 heavy (non-hydrogen) atoms. The van der Waals surface area contributed by atoms with Gasteiger partial charge in [0.05, 0.1) is 16.1 Å². The van der Waals surface area contributed by atoms with E-state index in [1.165, 1.54) is 13.0 Å². The number of ether oxygens (including phenoxy) is 1. The maximum atomic E-state index is 15.0. The molecule has 1 atom stereocenters. The van der Waals surface area contributed by atoms with Gasteiger partial charge in [-0.15, -0.1) is 0 Å². The number of aryl methyl sites for hydroxylation is 1. The maximum absolute atomic E-state index is 15.0. The summed E-state index contributed by atoms with van der Waals surface area (Å²) in [5.41, 5.74) is 1.55. The van der Waals surface area contributed by atoms with E-state index in [0.717, 1.165) is 36.7 Å². The number of halogens is 4. The summed E-state index contributed by atoms with van der Waals surface area (Å²) in [5, 5.41) is 12.9. The van der Waals surface area contributed by atoms with Gasteiger partial charge >= 0.3 is 6.61 Å². The van der Waals surface area contributed by atoms with Crippen LogP contribution in [-0.4, -0.2) is 18.2 Å². The van der Waals surface area contributed by atoms with Crippen molar-refractivity contribution in [1.82, 2.24) is 0 Å². The zero-order chi connectivity index (χ0) is 26.9. The predicted molar refractivity (Wildman–Crippen MR) is 132 cm³/mol. The molecule has 0 amide bonds. The van der Waals surface area contributed by atoms with Crippen LogP contribution >= 0.6 is 11.6 Å². The van der Waals surface area contributed by atoms with E-state index in [9.17, 15) is 28.0 Å². The molecule has 9 heteroatoms. The fourth-order valence-corrected chi connectivity index (χ4v) is 4.59. The normalized spacial score (nSPS) is 14.0. The van der Waals surface area contributed by atoms with E-state index >= 15 is 0 Å². The minimum Gasteiger partial charge on any atom is -0.618 e. The number of carbonyl (C=O) groups excluding carboxylic acids is 2. The van der Waals surface area contributed by atoms with E-state index in [0.29, 0.717) is 28.2 Å². The Balaban J connectivity index is 1.70. The van der Waals surface area contributed by atoms with Crippen molar-refractivity contribution in [3.8, 4) is 16.9 Å². The smallest absolute Gasteiger partial charge is 0.387 e. The Morgan fingerprint density at radius 1 is 1.16 bits per heavy atom. The van der Waals surface area contributed by atoms with Gasteiger partial charge in [-0.05, 0) is 49.4 Å². The summed E-state index contributed by atoms with van der Waals surface area (Å²) in [4.78, 5) is 24.9. The lowest BCUT2D eigenvalue weighted by Gasteiger charge is -2.19. The number of rotatable bonds is 10. The van der Waals surface area contributed by atoms with Gasteiger partial charge in [0.2, 0.25) is 5.69 Å². The Labute approximate surface area is 217 Å². The first-order valence-corrected chi connectivity index (χ1v) is 12.2. The molecular weight excluding hydrogens is 507 g/mol. The van der Waals surface area contributed by atoms with Crippen LogP contribution in [0.5, 0.6) is 5.75 Å². The Morgan fingerprint density at radius 3 is 2.43 bits per heavy atom. The van der Waals surface area contributed by atoms with Crippen LogP contribution in [0.3, 0.4) is 0 Å². The number of ketones is 2. The molecule has 0 spiro atoms. The summed E-state index contributed by atoms with van der Waals surface area (Å²) in [6.45, 7) is -0.143. The highest BCUT2D eigenvalue weighted by molar-refractivity contribution is 6.31. The number of aromatic nitrogens is 1. The zero-order valence-corrected chi connectivity index (χ0v) is 21.0. The lowest BCUT2D eigenvalue weighted by atomic mass is 9.88. The third kappa shape index (κ3) is 6.13. The first kappa shape index (κ1) is 26.7. The molecule has 0 N–H and O–H groups in total. The lowest BCUT2D eigenvalue weighted by Crippen LogP contribution is -2.36. The third-order valence-electron chi connectivity index (χ3n) is 6.58. The van der Waals surface area contributed by atoms with Crippen LogP contribution in [0, 0.1) is 23.9 Å². The van der Waals surface area contributed by atoms with Crippen LogP contribution in [0.2, 0.25) is 5.02 Å². The Morgan fingerprint density at radius 2 is 1.84 bits per heavy atom. The van der Waals surface area contributed by atoms with Gasteiger partial charge in [-0.2, -0.15) is 13.5 Å². The summed E-state index contributed by atoms with van der Waals surface area (Å²) >= 11 is 5.89. The van der Waals surface area contributed by atoms with E-state index in [4.69, 9.17) is 11.6 Å². The molecule has 1 unspecified atom stereocenters. The average Bonchev–Trinajstić information content (AvgIpc) is 3.66. The van der Waals surface area contributed by atoms with Gasteiger partial charge in [0, 0.05) is 18.1 Å². The van der Waals surface area contributed by atoms with Crippen LogP contribution in [0.4, 0.5) is 13.2 Å². The second-order valence-corrected chi connectivity index (χ2v) is 9.77. The molecule has 1 aliphatic carbocycles. The standard InChI is InChI=1S/C28H25ClF3NO4/c1-15-11-23(33(36)14-21(15)26-25(37-28(31)32)10-9-22(29)27(26)30)20(12-17-3-4-17)24(35)13-18-5-7-19(8-6-18)16(2)34/h5-11,14,17,20,28H,3-4,12-13H2,1-2H3. The molecule has 0 saturated heterocycles. The summed E-state index contributed by atoms with van der Waals surface area (Å²) < 4.78 is 45.8. The minimum atomic E-state index is -3.21. The Hall–Kier alpha value is -3.39. The molecule has 0 radical (unpaired) electrons. The number of Topliss-reactive ketones (excluding diaryl/α,β-unsaturated/α-hetero) is 2. The van der Waals surface area contributed by atoms with E-state index in [1.54, 1.807) is 31.2 Å². The number of nitrogens with zero attached hydrogens (tertiary/aromatic N) is 1. The average molecular weight is 532 g/mol. The molecule has 5 nitrogen and oxygen atoms in total. The fourth-order valence-electron chi connectivity index (χ4n) is 4.44. The van der Waals surface area contributed by atoms with Gasteiger partial charge in [-0.3, -0.25) is 9.59 Å². The molecular formula is C28H25ClF3NO4. The van der Waals surface area contributed by atoms with Crippen molar-refractivity contribution in [2.75, 3.05) is 0 Å². The summed E-state index contributed by atoms with van der Waals surface area (Å²) in [5.74, 6) is -2.06. The topological polar surface area (TPSA) is 70.3 Å². The first-order valence-electron chi connectivity index (χ1n) is 11.8. The fraction of sp³-hybridized carbons (Fsp3) is 0.321. The largest absolute Gasteiger partial charge is 0.618 e. The molecule has 3 aromatic rings. The summed E-state index contributed by atoms with van der Waals surface area (Å²) in [7, 11) is 0. The van der Waals surface area contributed by atoms with Crippen molar-refractivity contribution < 1.29 is 32.2 Å². The quantitative estimate of drug-likeness (QED) is 0.168. The number of benzene rings is 2. The first-order chi connectivity index (χ1) is 17.5. The van der Waals surface area contributed by atoms with Gasteiger partial charge in [0.15, 0.2) is 23.6 Å². The van der Waals surface area contributed by atoms with Gasteiger partial charge in [-0.25, -0.2) is 4.39 Å². The van der Waals surface area contributed by atoms with Crippen LogP contribution in [0.15, 0.2) is 48.7 Å². The molecule has 194 valence electrons. The van der Waals surface area contributed by atoms with E-state index in [2.05, 4.69) is 4.74 Å². The molecule has 1 fully saturated rings. The van der Waals surface area contributed by atoms with Crippen molar-refractivity contribution in [2.45, 2.75) is 52.1 Å². The molecule has 0 aliphatic heterocycles. The predicted octanol–water partition coefficient (Wildman–Crippen LogP) is 6.59. The third-order valence-corrected chi connectivity index (χ3v) is 6.87. The minimum absolute atomic E-state index is 0.0341. The number of hydrogen-bond donors (Lipinski definition) is 0. The molecule has 0 bridgehead atoms. The van der Waals surface area contributed by atoms with Crippen molar-refractivity contribution in [1.29, 1.82) is 0 Å². The Kier molecular flexibility index (Phi) is 7.87. The Bertz CT molecular complexity index is 1340. The monoisotopic (exact) mass is 531 g/mol. The van der Waals surface area contributed by atoms with E-state index in [1.807, 2.05) is 0 Å². The molecule has 2 aromatic carbocycles. The van der Waals surface area contributed by atoms with Gasteiger partial charge in [-0.1, -0.05) is 48.7 Å². The molecule has 1 aliphatic rings. The number of pyridine rings is 1. The number of hydrogen-bond acceptors (Lipinski definition) is 4. The molecule has 1 aromatic heterocycles. The van der Waals surface area contributed by atoms with Gasteiger partial charge < -0.3 is 9.94 Å². The molecule has 1 saturated carbocycles. The number of carbonyl (C=O) groups is 2. The van der Waals surface area contributed by atoms with E-state index < -0.39 is 24.1 Å². The summed E-state index contributed by atoms with van der Waals surface area (Å²) in [6, 6.07) is 10.5. The maximum Gasteiger partial charge on any atom is 0.387 e. The van der Waals surface area contributed by atoms with Gasteiger partial charge in [0.1, 0.15) is 11.7 Å². The van der Waals surface area contributed by atoms with Crippen LogP contribution < -0.4 is 9.47 Å². The zero-order valence-electron chi connectivity index (χ0n) is 20.3. The van der Waals surface area contributed by atoms with Crippen molar-refractivity contribution in [2.24, 2.45) is 5.92 Å². The highest BCUT2D eigenvalue weighted by Gasteiger charge is 2.35. The van der Waals surface area contributed by atoms with E-state index in [-0.39, 0.29) is 39.8 Å². The second-order valence-electron chi connectivity index (χ2n) is 9.36.